The summed E-state index contributed by atoms with van der Waals surface area (Å²) >= 11 is 0. The molecule has 0 fully saturated rings. The first-order valence-corrected chi connectivity index (χ1v) is 8.68. The van der Waals surface area contributed by atoms with Gasteiger partial charge in [0.2, 0.25) is 11.7 Å². The first-order valence-electron chi connectivity index (χ1n) is 8.68. The van der Waals surface area contributed by atoms with Crippen LogP contribution in [0.1, 0.15) is 11.1 Å². The van der Waals surface area contributed by atoms with Gasteiger partial charge in [-0.3, -0.25) is 0 Å². The second-order valence-electron chi connectivity index (χ2n) is 6.36. The zero-order valence-electron chi connectivity index (χ0n) is 15.4. The van der Waals surface area contributed by atoms with Crippen LogP contribution >= 0.6 is 0 Å². The molecule has 0 saturated carbocycles. The van der Waals surface area contributed by atoms with Gasteiger partial charge in [0.15, 0.2) is 0 Å². The molecule has 2 aromatic heterocycles. The summed E-state index contributed by atoms with van der Waals surface area (Å²) in [5, 5.41) is 4.12. The lowest BCUT2D eigenvalue weighted by Gasteiger charge is -2.07. The molecule has 0 amide bonds. The van der Waals surface area contributed by atoms with E-state index in [0.29, 0.717) is 23.2 Å². The molecule has 0 N–H and O–H groups in total. The molecule has 27 heavy (non-hydrogen) atoms. The van der Waals surface area contributed by atoms with Crippen molar-refractivity contribution in [3.05, 3.63) is 71.8 Å². The molecular formula is C22H19N3O2. The fraction of sp³-hybridized carbons (Fsp3) is 0.136. The van der Waals surface area contributed by atoms with Gasteiger partial charge in [0.25, 0.3) is 5.89 Å². The molecule has 0 spiro atoms. The van der Waals surface area contributed by atoms with Crippen LogP contribution in [0.4, 0.5) is 0 Å². The number of rotatable bonds is 4. The number of aryl methyl sites for hydroxylation is 2. The second kappa shape index (κ2) is 7.03. The third kappa shape index (κ3) is 3.31. The molecule has 4 rings (SSSR count). The number of pyridine rings is 1. The van der Waals surface area contributed by atoms with Crippen LogP contribution in [-0.4, -0.2) is 22.2 Å². The van der Waals surface area contributed by atoms with Crippen molar-refractivity contribution in [2.75, 3.05) is 7.11 Å². The molecule has 0 aliphatic carbocycles. The first-order chi connectivity index (χ1) is 13.2. The van der Waals surface area contributed by atoms with Crippen molar-refractivity contribution < 1.29 is 9.26 Å². The minimum absolute atomic E-state index is 0.452. The molecule has 0 aliphatic heterocycles. The lowest BCUT2D eigenvalue weighted by Crippen LogP contribution is -1.95. The normalized spacial score (nSPS) is 10.8. The summed E-state index contributed by atoms with van der Waals surface area (Å²) < 4.78 is 11.0. The second-order valence-corrected chi connectivity index (χ2v) is 6.36. The molecule has 2 heterocycles. The van der Waals surface area contributed by atoms with Gasteiger partial charge in [-0.1, -0.05) is 53.2 Å². The smallest absolute Gasteiger partial charge is 0.258 e. The Morgan fingerprint density at radius 3 is 2.33 bits per heavy atom. The van der Waals surface area contributed by atoms with Crippen LogP contribution in [0, 0.1) is 13.8 Å². The highest BCUT2D eigenvalue weighted by molar-refractivity contribution is 5.69. The van der Waals surface area contributed by atoms with Crippen molar-refractivity contribution in [1.29, 1.82) is 0 Å². The lowest BCUT2D eigenvalue weighted by molar-refractivity contribution is 0.398. The average molecular weight is 357 g/mol. The topological polar surface area (TPSA) is 61.0 Å². The molecule has 0 aliphatic rings. The molecule has 134 valence electrons. The number of methoxy groups -OCH3 is 1. The van der Waals surface area contributed by atoms with Crippen LogP contribution in [0.5, 0.6) is 5.88 Å². The van der Waals surface area contributed by atoms with Crippen molar-refractivity contribution in [3.8, 4) is 40.0 Å². The Morgan fingerprint density at radius 1 is 0.815 bits per heavy atom. The number of nitrogens with zero attached hydrogens (tertiary/aromatic N) is 3. The van der Waals surface area contributed by atoms with E-state index in [1.807, 2.05) is 55.5 Å². The number of hydrogen-bond donors (Lipinski definition) is 0. The van der Waals surface area contributed by atoms with Gasteiger partial charge in [-0.2, -0.15) is 4.98 Å². The first kappa shape index (κ1) is 17.0. The van der Waals surface area contributed by atoms with E-state index in [4.69, 9.17) is 9.26 Å². The predicted octanol–water partition coefficient (Wildman–Crippen LogP) is 5.09. The molecule has 2 aromatic carbocycles. The summed E-state index contributed by atoms with van der Waals surface area (Å²) in [6, 6.07) is 20.0. The van der Waals surface area contributed by atoms with Gasteiger partial charge in [0.1, 0.15) is 0 Å². The summed E-state index contributed by atoms with van der Waals surface area (Å²) in [5.74, 6) is 1.39. The van der Waals surface area contributed by atoms with Crippen molar-refractivity contribution in [2.45, 2.75) is 13.8 Å². The van der Waals surface area contributed by atoms with Gasteiger partial charge in [-0.25, -0.2) is 4.98 Å². The third-order valence-corrected chi connectivity index (χ3v) is 4.44. The Bertz CT molecular complexity index is 1080. The highest BCUT2D eigenvalue weighted by Gasteiger charge is 2.17. The van der Waals surface area contributed by atoms with Crippen LogP contribution < -0.4 is 4.74 Å². The number of hydrogen-bond acceptors (Lipinski definition) is 5. The molecule has 5 heteroatoms. The van der Waals surface area contributed by atoms with Crippen LogP contribution in [0.2, 0.25) is 0 Å². The van der Waals surface area contributed by atoms with Gasteiger partial charge >= 0.3 is 0 Å². The zero-order valence-corrected chi connectivity index (χ0v) is 15.4. The Balaban J connectivity index is 1.72. The van der Waals surface area contributed by atoms with Crippen LogP contribution in [-0.2, 0) is 0 Å². The average Bonchev–Trinajstić information content (AvgIpc) is 3.18. The van der Waals surface area contributed by atoms with Gasteiger partial charge in [-0.15, -0.1) is 0 Å². The number of aromatic nitrogens is 3. The van der Waals surface area contributed by atoms with E-state index in [2.05, 4.69) is 34.2 Å². The summed E-state index contributed by atoms with van der Waals surface area (Å²) in [6.07, 6.45) is 0. The van der Waals surface area contributed by atoms with Gasteiger partial charge < -0.3 is 9.26 Å². The summed E-state index contributed by atoms with van der Waals surface area (Å²) in [6.45, 7) is 4.07. The predicted molar refractivity (Wildman–Crippen MR) is 104 cm³/mol. The van der Waals surface area contributed by atoms with Crippen molar-refractivity contribution >= 4 is 0 Å². The van der Waals surface area contributed by atoms with Crippen LogP contribution in [0.25, 0.3) is 34.1 Å². The van der Waals surface area contributed by atoms with Crippen LogP contribution in [0.15, 0.2) is 65.2 Å². The van der Waals surface area contributed by atoms with Crippen LogP contribution in [0.3, 0.4) is 0 Å². The maximum atomic E-state index is 5.49. The molecule has 0 bridgehead atoms. The summed E-state index contributed by atoms with van der Waals surface area (Å²) in [4.78, 5) is 9.16. The van der Waals surface area contributed by atoms with E-state index in [1.54, 1.807) is 7.11 Å². The Kier molecular flexibility index (Phi) is 4.42. The standard InChI is InChI=1S/C22H19N3O2/c1-14-8-10-16(11-9-14)19-13-12-18(21(23-19)26-3)20-24-22(27-25-20)17-7-5-4-6-15(17)2/h4-13H,1-3H3. The summed E-state index contributed by atoms with van der Waals surface area (Å²) in [5.41, 5.74) is 5.75. The quantitative estimate of drug-likeness (QED) is 0.509. The van der Waals surface area contributed by atoms with E-state index >= 15 is 0 Å². The minimum Gasteiger partial charge on any atom is -0.480 e. The molecular weight excluding hydrogens is 338 g/mol. The van der Waals surface area contributed by atoms with E-state index < -0.39 is 0 Å². The maximum absolute atomic E-state index is 5.49. The highest BCUT2D eigenvalue weighted by Crippen LogP contribution is 2.31. The Labute approximate surface area is 157 Å². The molecule has 5 nitrogen and oxygen atoms in total. The molecule has 0 atom stereocenters. The number of ether oxygens (including phenoxy) is 1. The molecule has 4 aromatic rings. The van der Waals surface area contributed by atoms with Crippen molar-refractivity contribution in [3.63, 3.8) is 0 Å². The highest BCUT2D eigenvalue weighted by atomic mass is 16.5. The molecule has 0 unspecified atom stereocenters. The SMILES string of the molecule is COc1nc(-c2ccc(C)cc2)ccc1-c1noc(-c2ccccc2C)n1. The summed E-state index contributed by atoms with van der Waals surface area (Å²) in [7, 11) is 1.59. The Hall–Kier alpha value is -3.47. The largest absolute Gasteiger partial charge is 0.480 e. The third-order valence-electron chi connectivity index (χ3n) is 4.44. The zero-order chi connectivity index (χ0) is 18.8. The van der Waals surface area contributed by atoms with Crippen molar-refractivity contribution in [2.24, 2.45) is 0 Å². The molecule has 0 radical (unpaired) electrons. The van der Waals surface area contributed by atoms with Crippen molar-refractivity contribution in [1.82, 2.24) is 15.1 Å². The fourth-order valence-corrected chi connectivity index (χ4v) is 2.91. The van der Waals surface area contributed by atoms with Gasteiger partial charge in [0.05, 0.1) is 18.4 Å². The maximum Gasteiger partial charge on any atom is 0.258 e. The fourth-order valence-electron chi connectivity index (χ4n) is 2.91. The minimum atomic E-state index is 0.452. The number of benzene rings is 2. The molecule has 0 saturated heterocycles. The van der Waals surface area contributed by atoms with Gasteiger partial charge in [0, 0.05) is 11.1 Å². The lowest BCUT2D eigenvalue weighted by atomic mass is 10.1. The monoisotopic (exact) mass is 357 g/mol. The Morgan fingerprint density at radius 2 is 1.59 bits per heavy atom. The van der Waals surface area contributed by atoms with E-state index in [1.165, 1.54) is 5.56 Å². The van der Waals surface area contributed by atoms with E-state index in [-0.39, 0.29) is 0 Å². The van der Waals surface area contributed by atoms with E-state index in [0.717, 1.165) is 22.4 Å². The van der Waals surface area contributed by atoms with Gasteiger partial charge in [-0.05, 0) is 37.6 Å². The van der Waals surface area contributed by atoms with E-state index in [9.17, 15) is 0 Å².